The molecule has 0 amide bonds. The highest BCUT2D eigenvalue weighted by molar-refractivity contribution is 5.85. The number of nitrogens with two attached hydrogens (primary N) is 1. The fourth-order valence-corrected chi connectivity index (χ4v) is 2.53. The molecule has 3 rings (SSSR count). The molecule has 2 heterocycles. The monoisotopic (exact) mass is 296 g/mol. The van der Waals surface area contributed by atoms with Crippen molar-refractivity contribution in [2.45, 2.75) is 19.0 Å². The van der Waals surface area contributed by atoms with Crippen LogP contribution < -0.4 is 10.6 Å². The number of rotatable bonds is 3. The molecule has 0 aliphatic carbocycles. The summed E-state index contributed by atoms with van der Waals surface area (Å²) in [6.45, 7) is 2.39. The first-order chi connectivity index (χ1) is 9.26. The Bertz CT molecular complexity index is 555. The van der Waals surface area contributed by atoms with Gasteiger partial charge in [0.1, 0.15) is 5.82 Å². The molecule has 2 aromatic rings. The molecule has 1 aliphatic rings. The maximum Gasteiger partial charge on any atom is 0.123 e. The van der Waals surface area contributed by atoms with Crippen molar-refractivity contribution < 1.29 is 4.39 Å². The average molecular weight is 297 g/mol. The lowest BCUT2D eigenvalue weighted by Crippen LogP contribution is -2.21. The number of hydrogen-bond donors (Lipinski definition) is 1. The molecule has 1 atom stereocenters. The van der Waals surface area contributed by atoms with Crippen LogP contribution in [0.5, 0.6) is 0 Å². The van der Waals surface area contributed by atoms with E-state index in [0.29, 0.717) is 12.6 Å². The summed E-state index contributed by atoms with van der Waals surface area (Å²) in [6, 6.07) is 7.02. The van der Waals surface area contributed by atoms with Gasteiger partial charge in [-0.3, -0.25) is 4.68 Å². The fraction of sp³-hybridized carbons (Fsp3) is 0.357. The van der Waals surface area contributed by atoms with Gasteiger partial charge in [0.25, 0.3) is 0 Å². The lowest BCUT2D eigenvalue weighted by atomic mass is 10.2. The van der Waals surface area contributed by atoms with Gasteiger partial charge in [-0.25, -0.2) is 4.39 Å². The van der Waals surface area contributed by atoms with Gasteiger partial charge in [-0.2, -0.15) is 5.10 Å². The van der Waals surface area contributed by atoms with Crippen molar-refractivity contribution in [2.75, 3.05) is 18.0 Å². The summed E-state index contributed by atoms with van der Waals surface area (Å²) in [5.74, 6) is -0.195. The van der Waals surface area contributed by atoms with Crippen molar-refractivity contribution in [3.8, 4) is 0 Å². The minimum Gasteiger partial charge on any atom is -0.369 e. The molecule has 0 saturated carbocycles. The van der Waals surface area contributed by atoms with E-state index in [4.69, 9.17) is 5.73 Å². The Hall–Kier alpha value is -1.59. The van der Waals surface area contributed by atoms with Crippen LogP contribution in [0.1, 0.15) is 18.0 Å². The van der Waals surface area contributed by atoms with Crippen molar-refractivity contribution in [1.82, 2.24) is 9.78 Å². The normalized spacial score (nSPS) is 18.1. The summed E-state index contributed by atoms with van der Waals surface area (Å²) in [7, 11) is 0. The minimum atomic E-state index is -0.195. The van der Waals surface area contributed by atoms with Crippen LogP contribution in [0.2, 0.25) is 0 Å². The first-order valence-electron chi connectivity index (χ1n) is 6.50. The van der Waals surface area contributed by atoms with Gasteiger partial charge in [-0.15, -0.1) is 12.4 Å². The average Bonchev–Trinajstić information content (AvgIpc) is 3.08. The molecule has 1 saturated heterocycles. The topological polar surface area (TPSA) is 47.1 Å². The van der Waals surface area contributed by atoms with E-state index in [1.54, 1.807) is 0 Å². The van der Waals surface area contributed by atoms with E-state index in [9.17, 15) is 4.39 Å². The number of benzene rings is 1. The minimum absolute atomic E-state index is 0. The Kier molecular flexibility index (Phi) is 4.62. The predicted molar refractivity (Wildman–Crippen MR) is 79.6 cm³/mol. The third kappa shape index (κ3) is 2.94. The highest BCUT2D eigenvalue weighted by atomic mass is 35.5. The van der Waals surface area contributed by atoms with Gasteiger partial charge in [0.05, 0.1) is 12.2 Å². The predicted octanol–water partition coefficient (Wildman–Crippen LogP) is 2.35. The first-order valence-corrected chi connectivity index (χ1v) is 6.50. The zero-order chi connectivity index (χ0) is 13.2. The number of nitrogens with zero attached hydrogens (tertiary/aromatic N) is 3. The van der Waals surface area contributed by atoms with Crippen LogP contribution in [0.4, 0.5) is 10.1 Å². The zero-order valence-electron chi connectivity index (χ0n) is 11.1. The molecule has 1 aromatic carbocycles. The molecule has 1 fully saturated rings. The van der Waals surface area contributed by atoms with Crippen molar-refractivity contribution in [1.29, 1.82) is 0 Å². The Morgan fingerprint density at radius 3 is 2.70 bits per heavy atom. The first kappa shape index (κ1) is 14.8. The van der Waals surface area contributed by atoms with Crippen LogP contribution >= 0.6 is 12.4 Å². The molecule has 6 heteroatoms. The van der Waals surface area contributed by atoms with Crippen LogP contribution in [-0.2, 0) is 6.54 Å². The molecule has 0 bridgehead atoms. The summed E-state index contributed by atoms with van der Waals surface area (Å²) in [4.78, 5) is 2.26. The van der Waals surface area contributed by atoms with Crippen molar-refractivity contribution in [3.05, 3.63) is 48.0 Å². The van der Waals surface area contributed by atoms with E-state index >= 15 is 0 Å². The maximum atomic E-state index is 12.9. The summed E-state index contributed by atoms with van der Waals surface area (Å²) < 4.78 is 14.9. The molecule has 0 radical (unpaired) electrons. The smallest absolute Gasteiger partial charge is 0.123 e. The Balaban J connectivity index is 0.00000147. The summed E-state index contributed by atoms with van der Waals surface area (Å²) in [5, 5.41) is 4.36. The van der Waals surface area contributed by atoms with Gasteiger partial charge in [-0.1, -0.05) is 0 Å². The molecule has 4 nitrogen and oxygen atoms in total. The van der Waals surface area contributed by atoms with Gasteiger partial charge in [0.15, 0.2) is 0 Å². The molecule has 20 heavy (non-hydrogen) atoms. The third-order valence-electron chi connectivity index (χ3n) is 3.62. The highest BCUT2D eigenvalue weighted by Gasteiger charge is 2.24. The third-order valence-corrected chi connectivity index (χ3v) is 3.62. The zero-order valence-corrected chi connectivity index (χ0v) is 11.9. The Morgan fingerprint density at radius 2 is 2.05 bits per heavy atom. The molecule has 108 valence electrons. The fourth-order valence-electron chi connectivity index (χ4n) is 2.53. The second kappa shape index (κ2) is 6.24. The van der Waals surface area contributed by atoms with Gasteiger partial charge < -0.3 is 10.6 Å². The lowest BCUT2D eigenvalue weighted by Gasteiger charge is -2.18. The molecular formula is C14H18ClFN4. The van der Waals surface area contributed by atoms with Crippen LogP contribution in [0.15, 0.2) is 36.7 Å². The second-order valence-corrected chi connectivity index (χ2v) is 4.90. The van der Waals surface area contributed by atoms with Crippen molar-refractivity contribution in [3.63, 3.8) is 0 Å². The summed E-state index contributed by atoms with van der Waals surface area (Å²) in [5.41, 5.74) is 7.72. The summed E-state index contributed by atoms with van der Waals surface area (Å²) >= 11 is 0. The van der Waals surface area contributed by atoms with E-state index in [1.807, 2.05) is 29.2 Å². The molecule has 1 aromatic heterocycles. The van der Waals surface area contributed by atoms with E-state index < -0.39 is 0 Å². The van der Waals surface area contributed by atoms with Crippen LogP contribution in [0.25, 0.3) is 0 Å². The highest BCUT2D eigenvalue weighted by Crippen LogP contribution is 2.26. The van der Waals surface area contributed by atoms with Crippen LogP contribution in [-0.4, -0.2) is 22.9 Å². The number of anilines is 1. The van der Waals surface area contributed by atoms with E-state index in [2.05, 4.69) is 10.00 Å². The van der Waals surface area contributed by atoms with Gasteiger partial charge >= 0.3 is 0 Å². The lowest BCUT2D eigenvalue weighted by molar-refractivity contribution is 0.494. The van der Waals surface area contributed by atoms with Crippen molar-refractivity contribution in [2.24, 2.45) is 5.73 Å². The quantitative estimate of drug-likeness (QED) is 0.946. The second-order valence-electron chi connectivity index (χ2n) is 4.90. The van der Waals surface area contributed by atoms with Gasteiger partial charge in [0.2, 0.25) is 0 Å². The van der Waals surface area contributed by atoms with E-state index in [0.717, 1.165) is 30.8 Å². The summed E-state index contributed by atoms with van der Waals surface area (Å²) in [6.07, 6.45) is 4.88. The number of aromatic nitrogens is 2. The van der Waals surface area contributed by atoms with Crippen LogP contribution in [0, 0.1) is 5.82 Å². The standard InChI is InChI=1S/C14H17FN4.ClH/c15-12-1-3-13(4-2-12)18-6-5-14(10-18)19-9-11(7-16)8-17-19;/h1-4,8-9,14H,5-7,10,16H2;1H. The Labute approximate surface area is 123 Å². The SMILES string of the molecule is Cl.NCc1cnn(C2CCN(c3ccc(F)cc3)C2)c1. The maximum absolute atomic E-state index is 12.9. The van der Waals surface area contributed by atoms with Crippen molar-refractivity contribution >= 4 is 18.1 Å². The molecule has 0 spiro atoms. The molecule has 2 N–H and O–H groups in total. The Morgan fingerprint density at radius 1 is 1.30 bits per heavy atom. The van der Waals surface area contributed by atoms with Crippen LogP contribution in [0.3, 0.4) is 0 Å². The largest absolute Gasteiger partial charge is 0.369 e. The van der Waals surface area contributed by atoms with E-state index in [1.165, 1.54) is 12.1 Å². The number of hydrogen-bond acceptors (Lipinski definition) is 3. The van der Waals surface area contributed by atoms with Gasteiger partial charge in [-0.05, 0) is 30.7 Å². The van der Waals surface area contributed by atoms with E-state index in [-0.39, 0.29) is 18.2 Å². The molecule has 1 aliphatic heterocycles. The molecule has 1 unspecified atom stereocenters. The van der Waals surface area contributed by atoms with Gasteiger partial charge in [0, 0.05) is 37.1 Å². The molecular weight excluding hydrogens is 279 g/mol. The number of halogens is 2.